The van der Waals surface area contributed by atoms with Crippen LogP contribution in [0.15, 0.2) is 12.7 Å². The van der Waals surface area contributed by atoms with Crippen LogP contribution in [0, 0.1) is 0 Å². The van der Waals surface area contributed by atoms with Crippen molar-refractivity contribution in [3.05, 3.63) is 12.7 Å². The smallest absolute Gasteiger partial charge is 0.359 e. The highest BCUT2D eigenvalue weighted by molar-refractivity contribution is 5.87. The maximum absolute atomic E-state index is 12.5. The normalized spacial score (nSPS) is 25.3. The van der Waals surface area contributed by atoms with Gasteiger partial charge in [-0.2, -0.15) is 13.2 Å². The molecule has 0 saturated carbocycles. The molecule has 0 N–H and O–H groups in total. The summed E-state index contributed by atoms with van der Waals surface area (Å²) in [4.78, 5) is 12.4. The summed E-state index contributed by atoms with van der Waals surface area (Å²) in [7, 11) is 0. The van der Waals surface area contributed by atoms with Crippen LogP contribution in [-0.2, 0) is 9.53 Å². The van der Waals surface area contributed by atoms with Gasteiger partial charge in [0.1, 0.15) is 0 Å². The molecule has 92 valence electrons. The summed E-state index contributed by atoms with van der Waals surface area (Å²) in [5.41, 5.74) is -1.00. The molecule has 0 spiro atoms. The van der Waals surface area contributed by atoms with Gasteiger partial charge in [0.25, 0.3) is 0 Å². The molecule has 1 aliphatic heterocycles. The van der Waals surface area contributed by atoms with Crippen molar-refractivity contribution >= 4 is 5.91 Å². The highest BCUT2D eigenvalue weighted by Crippen LogP contribution is 2.31. The number of nitrogens with zero attached hydrogens (tertiary/aromatic N) is 1. The quantitative estimate of drug-likeness (QED) is 0.650. The molecule has 1 atom stereocenters. The second-order valence-electron chi connectivity index (χ2n) is 4.33. The lowest BCUT2D eigenvalue weighted by Crippen LogP contribution is -2.58. The number of alkyl halides is 3. The summed E-state index contributed by atoms with van der Waals surface area (Å²) >= 11 is 0. The van der Waals surface area contributed by atoms with Crippen LogP contribution in [0.1, 0.15) is 13.8 Å². The van der Waals surface area contributed by atoms with Crippen LogP contribution < -0.4 is 0 Å². The van der Waals surface area contributed by atoms with Crippen LogP contribution >= 0.6 is 0 Å². The number of hydrogen-bond donors (Lipinski definition) is 0. The Morgan fingerprint density at radius 3 is 2.56 bits per heavy atom. The van der Waals surface area contributed by atoms with Crippen molar-refractivity contribution in [1.29, 1.82) is 0 Å². The molecule has 0 aliphatic carbocycles. The second-order valence-corrected chi connectivity index (χ2v) is 4.33. The zero-order valence-corrected chi connectivity index (χ0v) is 9.17. The van der Waals surface area contributed by atoms with Crippen molar-refractivity contribution in [3.63, 3.8) is 0 Å². The fourth-order valence-electron chi connectivity index (χ4n) is 1.65. The summed E-state index contributed by atoms with van der Waals surface area (Å²) in [6, 6.07) is 0. The highest BCUT2D eigenvalue weighted by atomic mass is 19.4. The summed E-state index contributed by atoms with van der Waals surface area (Å²) < 4.78 is 42.5. The van der Waals surface area contributed by atoms with E-state index in [1.54, 1.807) is 0 Å². The Morgan fingerprint density at radius 2 is 2.12 bits per heavy atom. The first-order valence-electron chi connectivity index (χ1n) is 4.81. The summed E-state index contributed by atoms with van der Waals surface area (Å²) in [5.74, 6) is -0.509. The molecule has 1 unspecified atom stereocenters. The minimum Gasteiger partial charge on any atom is -0.359 e. The average Bonchev–Trinajstić information content (AvgIpc) is 2.12. The molecule has 1 saturated heterocycles. The maximum atomic E-state index is 12.5. The molecule has 1 heterocycles. The van der Waals surface area contributed by atoms with E-state index in [4.69, 9.17) is 4.74 Å². The zero-order valence-electron chi connectivity index (χ0n) is 9.17. The van der Waals surface area contributed by atoms with E-state index in [0.29, 0.717) is 0 Å². The first-order chi connectivity index (χ1) is 7.15. The van der Waals surface area contributed by atoms with Gasteiger partial charge >= 0.3 is 6.18 Å². The van der Waals surface area contributed by atoms with Gasteiger partial charge in [-0.05, 0) is 19.9 Å². The van der Waals surface area contributed by atoms with Crippen molar-refractivity contribution in [1.82, 2.24) is 4.90 Å². The molecule has 0 aromatic carbocycles. The van der Waals surface area contributed by atoms with Gasteiger partial charge in [0.05, 0.1) is 12.1 Å². The molecule has 0 aromatic rings. The van der Waals surface area contributed by atoms with Gasteiger partial charge in [-0.25, -0.2) is 0 Å². The van der Waals surface area contributed by atoms with Crippen LogP contribution in [0.5, 0.6) is 0 Å². The molecular weight excluding hydrogens is 223 g/mol. The van der Waals surface area contributed by atoms with Crippen LogP contribution in [-0.4, -0.2) is 41.8 Å². The largest absolute Gasteiger partial charge is 0.416 e. The van der Waals surface area contributed by atoms with Crippen LogP contribution in [0.4, 0.5) is 13.2 Å². The van der Waals surface area contributed by atoms with Crippen molar-refractivity contribution in [2.75, 3.05) is 13.1 Å². The molecule has 0 radical (unpaired) electrons. The molecule has 1 amide bonds. The number of halogens is 3. The van der Waals surface area contributed by atoms with Crippen molar-refractivity contribution in [2.45, 2.75) is 31.7 Å². The third-order valence-corrected chi connectivity index (χ3v) is 2.27. The minimum absolute atomic E-state index is 0.129. The first kappa shape index (κ1) is 13.0. The van der Waals surface area contributed by atoms with E-state index in [2.05, 4.69) is 6.58 Å². The third-order valence-electron chi connectivity index (χ3n) is 2.27. The molecule has 0 bridgehead atoms. The van der Waals surface area contributed by atoms with Crippen LogP contribution in [0.25, 0.3) is 0 Å². The van der Waals surface area contributed by atoms with Crippen molar-refractivity contribution < 1.29 is 22.7 Å². The SMILES string of the molecule is C=CC(=O)N1CC(C(F)(F)F)OC(C)(C)C1. The van der Waals surface area contributed by atoms with Gasteiger partial charge in [0.2, 0.25) is 5.91 Å². The van der Waals surface area contributed by atoms with Crippen LogP contribution in [0.3, 0.4) is 0 Å². The molecule has 1 fully saturated rings. The van der Waals surface area contributed by atoms with E-state index in [0.717, 1.165) is 11.0 Å². The molecule has 6 heteroatoms. The molecular formula is C10H14F3NO2. The van der Waals surface area contributed by atoms with Gasteiger partial charge in [-0.15, -0.1) is 0 Å². The topological polar surface area (TPSA) is 29.5 Å². The maximum Gasteiger partial charge on any atom is 0.416 e. The minimum atomic E-state index is -4.46. The lowest BCUT2D eigenvalue weighted by molar-refractivity contribution is -0.269. The molecule has 16 heavy (non-hydrogen) atoms. The summed E-state index contributed by atoms with van der Waals surface area (Å²) in [5, 5.41) is 0. The summed E-state index contributed by atoms with van der Waals surface area (Å²) in [6.07, 6.45) is -5.38. The fourth-order valence-corrected chi connectivity index (χ4v) is 1.65. The Labute approximate surface area is 91.9 Å². The Morgan fingerprint density at radius 1 is 1.56 bits per heavy atom. The number of amides is 1. The van der Waals surface area contributed by atoms with E-state index >= 15 is 0 Å². The van der Waals surface area contributed by atoms with Crippen LogP contribution in [0.2, 0.25) is 0 Å². The van der Waals surface area contributed by atoms with Gasteiger partial charge in [0.15, 0.2) is 6.10 Å². The van der Waals surface area contributed by atoms with E-state index in [1.807, 2.05) is 0 Å². The number of carbonyl (C=O) groups excluding carboxylic acids is 1. The predicted octanol–water partition coefficient (Wildman–Crippen LogP) is 1.74. The predicted molar refractivity (Wildman–Crippen MR) is 51.8 cm³/mol. The molecule has 1 rings (SSSR count). The molecule has 1 aliphatic rings. The number of rotatable bonds is 1. The van der Waals surface area contributed by atoms with Gasteiger partial charge in [0, 0.05) is 6.54 Å². The molecule has 0 aromatic heterocycles. The van der Waals surface area contributed by atoms with E-state index in [-0.39, 0.29) is 6.54 Å². The number of carbonyl (C=O) groups is 1. The lowest BCUT2D eigenvalue weighted by Gasteiger charge is -2.42. The lowest BCUT2D eigenvalue weighted by atomic mass is 10.0. The second kappa shape index (κ2) is 4.08. The monoisotopic (exact) mass is 237 g/mol. The Hall–Kier alpha value is -1.04. The van der Waals surface area contributed by atoms with Crippen molar-refractivity contribution in [3.8, 4) is 0 Å². The zero-order chi connectivity index (χ0) is 12.6. The van der Waals surface area contributed by atoms with Gasteiger partial charge in [-0.3, -0.25) is 4.79 Å². The number of morpholine rings is 1. The van der Waals surface area contributed by atoms with Gasteiger partial charge < -0.3 is 9.64 Å². The average molecular weight is 237 g/mol. The van der Waals surface area contributed by atoms with E-state index < -0.39 is 30.3 Å². The van der Waals surface area contributed by atoms with E-state index in [1.165, 1.54) is 13.8 Å². The number of ether oxygens (including phenoxy) is 1. The number of hydrogen-bond acceptors (Lipinski definition) is 2. The van der Waals surface area contributed by atoms with Gasteiger partial charge in [-0.1, -0.05) is 6.58 Å². The van der Waals surface area contributed by atoms with Crippen molar-refractivity contribution in [2.24, 2.45) is 0 Å². The summed E-state index contributed by atoms with van der Waals surface area (Å²) in [6.45, 7) is 5.96. The third kappa shape index (κ3) is 2.98. The Balaban J connectivity index is 2.85. The fraction of sp³-hybridized carbons (Fsp3) is 0.700. The molecule has 3 nitrogen and oxygen atoms in total. The standard InChI is InChI=1S/C10H14F3NO2/c1-4-8(15)14-5-7(10(11,12)13)16-9(2,3)6-14/h4,7H,1,5-6H2,2-3H3. The first-order valence-corrected chi connectivity index (χ1v) is 4.81. The highest BCUT2D eigenvalue weighted by Gasteiger charge is 2.48. The Kier molecular flexibility index (Phi) is 3.33. The Bertz CT molecular complexity index is 299. The van der Waals surface area contributed by atoms with E-state index in [9.17, 15) is 18.0 Å².